The minimum Gasteiger partial charge on any atom is -0.397 e. The molecule has 3 aromatic rings. The summed E-state index contributed by atoms with van der Waals surface area (Å²) in [4.78, 5) is 2.88. The highest BCUT2D eigenvalue weighted by molar-refractivity contribution is 7.91. The first kappa shape index (κ1) is 18.4. The predicted octanol–water partition coefficient (Wildman–Crippen LogP) is 3.64. The summed E-state index contributed by atoms with van der Waals surface area (Å²) in [6.45, 7) is 1.63. The lowest BCUT2D eigenvalue weighted by atomic mass is 9.99. The third kappa shape index (κ3) is 3.43. The van der Waals surface area contributed by atoms with Gasteiger partial charge in [-0.15, -0.1) is 0 Å². The summed E-state index contributed by atoms with van der Waals surface area (Å²) in [5, 5.41) is 0. The maximum absolute atomic E-state index is 12.7. The fourth-order valence-electron chi connectivity index (χ4n) is 3.64. The van der Waals surface area contributed by atoms with E-state index in [1.54, 1.807) is 42.5 Å². The van der Waals surface area contributed by atoms with Crippen molar-refractivity contribution in [1.29, 1.82) is 0 Å². The second-order valence-corrected chi connectivity index (χ2v) is 9.05. The topological polar surface area (TPSA) is 89.4 Å². The Balaban J connectivity index is 1.58. The molecule has 0 aromatic heterocycles. The van der Waals surface area contributed by atoms with E-state index in [4.69, 9.17) is 11.5 Å². The molecule has 1 aliphatic heterocycles. The molecule has 0 bridgehead atoms. The maximum Gasteiger partial charge on any atom is 0.206 e. The first-order chi connectivity index (χ1) is 13.4. The molecule has 0 saturated carbocycles. The average Bonchev–Trinajstić information content (AvgIpc) is 2.70. The Bertz CT molecular complexity index is 1090. The van der Waals surface area contributed by atoms with Gasteiger partial charge in [0.25, 0.3) is 0 Å². The van der Waals surface area contributed by atoms with Gasteiger partial charge in [0.15, 0.2) is 0 Å². The zero-order valence-corrected chi connectivity index (χ0v) is 16.3. The number of aryl methyl sites for hydroxylation is 1. The van der Waals surface area contributed by atoms with E-state index < -0.39 is 9.84 Å². The molecule has 0 fully saturated rings. The molecular formula is C22H23N3O2S. The minimum absolute atomic E-state index is 0.304. The number of anilines is 3. The van der Waals surface area contributed by atoms with Crippen LogP contribution in [0.2, 0.25) is 0 Å². The summed E-state index contributed by atoms with van der Waals surface area (Å²) in [6, 6.07) is 19.5. The molecule has 0 radical (unpaired) electrons. The van der Waals surface area contributed by atoms with Crippen molar-refractivity contribution < 1.29 is 8.42 Å². The molecule has 6 heteroatoms. The Morgan fingerprint density at radius 2 is 1.50 bits per heavy atom. The Morgan fingerprint density at radius 3 is 2.21 bits per heavy atom. The number of hydrogen-bond donors (Lipinski definition) is 2. The minimum atomic E-state index is -3.49. The van der Waals surface area contributed by atoms with Gasteiger partial charge in [-0.1, -0.05) is 30.3 Å². The molecule has 3 aromatic carbocycles. The normalized spacial score (nSPS) is 13.9. The number of nitrogens with two attached hydrogens (primary N) is 2. The summed E-state index contributed by atoms with van der Waals surface area (Å²) in [5.74, 6) is 0. The van der Waals surface area contributed by atoms with E-state index in [1.807, 2.05) is 24.3 Å². The van der Waals surface area contributed by atoms with E-state index in [2.05, 4.69) is 4.90 Å². The van der Waals surface area contributed by atoms with Crippen LogP contribution in [0.3, 0.4) is 0 Å². The molecule has 4 N–H and O–H groups in total. The summed E-state index contributed by atoms with van der Waals surface area (Å²) in [5.41, 5.74) is 16.5. The number of benzene rings is 3. The molecule has 0 aliphatic carbocycles. The smallest absolute Gasteiger partial charge is 0.206 e. The molecular weight excluding hydrogens is 370 g/mol. The van der Waals surface area contributed by atoms with Crippen molar-refractivity contribution in [2.45, 2.75) is 29.2 Å². The number of rotatable bonds is 4. The number of fused-ring (bicyclic) bond motifs is 1. The largest absolute Gasteiger partial charge is 0.397 e. The summed E-state index contributed by atoms with van der Waals surface area (Å²) in [7, 11) is -3.49. The summed E-state index contributed by atoms with van der Waals surface area (Å²) < 4.78 is 25.5. The summed E-state index contributed by atoms with van der Waals surface area (Å²) >= 11 is 0. The third-order valence-corrected chi connectivity index (χ3v) is 6.95. The van der Waals surface area contributed by atoms with Crippen LogP contribution >= 0.6 is 0 Å². The molecule has 0 saturated heterocycles. The van der Waals surface area contributed by atoms with Crippen LogP contribution in [-0.4, -0.2) is 15.0 Å². The highest BCUT2D eigenvalue weighted by Crippen LogP contribution is 2.33. The van der Waals surface area contributed by atoms with Crippen LogP contribution in [0, 0.1) is 0 Å². The molecule has 0 atom stereocenters. The van der Waals surface area contributed by atoms with Gasteiger partial charge in [-0.25, -0.2) is 8.42 Å². The van der Waals surface area contributed by atoms with Crippen molar-refractivity contribution in [3.63, 3.8) is 0 Å². The van der Waals surface area contributed by atoms with Gasteiger partial charge in [0.05, 0.1) is 21.2 Å². The van der Waals surface area contributed by atoms with Crippen LogP contribution in [0.25, 0.3) is 0 Å². The lowest BCUT2D eigenvalue weighted by Crippen LogP contribution is -2.29. The van der Waals surface area contributed by atoms with E-state index in [0.29, 0.717) is 27.7 Å². The predicted molar refractivity (Wildman–Crippen MR) is 113 cm³/mol. The highest BCUT2D eigenvalue weighted by Gasteiger charge is 2.20. The van der Waals surface area contributed by atoms with Crippen molar-refractivity contribution >= 4 is 26.9 Å². The van der Waals surface area contributed by atoms with Crippen LogP contribution in [0.5, 0.6) is 0 Å². The van der Waals surface area contributed by atoms with Crippen LogP contribution in [0.4, 0.5) is 17.1 Å². The Hall–Kier alpha value is -2.99. The van der Waals surface area contributed by atoms with Crippen LogP contribution in [-0.2, 0) is 22.8 Å². The molecule has 0 spiro atoms. The lowest BCUT2D eigenvalue weighted by Gasteiger charge is -2.32. The monoisotopic (exact) mass is 393 g/mol. The van der Waals surface area contributed by atoms with Gasteiger partial charge in [0.1, 0.15) is 0 Å². The molecule has 1 aliphatic rings. The SMILES string of the molecule is Nc1cc2c(cc1N)N(Cc1ccc(S(=O)(=O)c3ccccc3)cc1)CCC2. The van der Waals surface area contributed by atoms with Gasteiger partial charge in [-0.2, -0.15) is 0 Å². The Kier molecular flexibility index (Phi) is 4.73. The number of nitrogen functional groups attached to an aromatic ring is 2. The van der Waals surface area contributed by atoms with Gasteiger partial charge in [-0.05, 0) is 60.4 Å². The van der Waals surface area contributed by atoms with Crippen molar-refractivity contribution in [3.05, 3.63) is 77.9 Å². The molecule has 0 unspecified atom stereocenters. The van der Waals surface area contributed by atoms with Crippen molar-refractivity contribution in [2.75, 3.05) is 22.9 Å². The average molecular weight is 394 g/mol. The van der Waals surface area contributed by atoms with E-state index in [1.165, 1.54) is 5.56 Å². The second kappa shape index (κ2) is 7.20. The second-order valence-electron chi connectivity index (χ2n) is 7.10. The first-order valence-corrected chi connectivity index (χ1v) is 10.8. The molecule has 1 heterocycles. The van der Waals surface area contributed by atoms with E-state index in [9.17, 15) is 8.42 Å². The fraction of sp³-hybridized carbons (Fsp3) is 0.182. The Morgan fingerprint density at radius 1 is 0.857 bits per heavy atom. The van der Waals surface area contributed by atoms with Crippen molar-refractivity contribution in [3.8, 4) is 0 Å². The van der Waals surface area contributed by atoms with Crippen LogP contribution in [0.15, 0.2) is 76.5 Å². The van der Waals surface area contributed by atoms with E-state index >= 15 is 0 Å². The highest BCUT2D eigenvalue weighted by atomic mass is 32.2. The van der Waals surface area contributed by atoms with Gasteiger partial charge in [0.2, 0.25) is 9.84 Å². The summed E-state index contributed by atoms with van der Waals surface area (Å²) in [6.07, 6.45) is 2.04. The van der Waals surface area contributed by atoms with E-state index in [-0.39, 0.29) is 0 Å². The number of hydrogen-bond acceptors (Lipinski definition) is 5. The zero-order valence-electron chi connectivity index (χ0n) is 15.5. The third-order valence-electron chi connectivity index (χ3n) is 5.16. The van der Waals surface area contributed by atoms with Gasteiger partial charge in [-0.3, -0.25) is 0 Å². The van der Waals surface area contributed by atoms with Crippen molar-refractivity contribution in [2.24, 2.45) is 0 Å². The molecule has 144 valence electrons. The standard InChI is InChI=1S/C22H23N3O2S/c23-20-13-17-5-4-12-25(22(17)14-21(20)24)15-16-8-10-19(11-9-16)28(26,27)18-6-2-1-3-7-18/h1-3,6-11,13-14H,4-5,12,15,23-24H2. The molecule has 4 rings (SSSR count). The molecule has 0 amide bonds. The van der Waals surface area contributed by atoms with E-state index in [0.717, 1.165) is 30.6 Å². The number of nitrogens with zero attached hydrogens (tertiary/aromatic N) is 1. The van der Waals surface area contributed by atoms with Gasteiger partial charge >= 0.3 is 0 Å². The lowest BCUT2D eigenvalue weighted by molar-refractivity contribution is 0.596. The first-order valence-electron chi connectivity index (χ1n) is 9.27. The molecule has 28 heavy (non-hydrogen) atoms. The maximum atomic E-state index is 12.7. The van der Waals surface area contributed by atoms with Crippen LogP contribution in [0.1, 0.15) is 17.5 Å². The Labute approximate surface area is 165 Å². The van der Waals surface area contributed by atoms with Gasteiger partial charge in [0, 0.05) is 18.8 Å². The van der Waals surface area contributed by atoms with Gasteiger partial charge < -0.3 is 16.4 Å². The van der Waals surface area contributed by atoms with Crippen LogP contribution < -0.4 is 16.4 Å². The fourth-order valence-corrected chi connectivity index (χ4v) is 4.92. The van der Waals surface area contributed by atoms with Crippen molar-refractivity contribution in [1.82, 2.24) is 0 Å². The zero-order chi connectivity index (χ0) is 19.7. The quantitative estimate of drug-likeness (QED) is 0.661. The number of sulfone groups is 1. The molecule has 5 nitrogen and oxygen atoms in total.